The van der Waals surface area contributed by atoms with Crippen molar-refractivity contribution in [3.63, 3.8) is 0 Å². The number of nitrogens with two attached hydrogens (primary N) is 1. The largest absolute Gasteiger partial charge is 0.389 e. The Hall–Kier alpha value is -0.650. The maximum absolute atomic E-state index is 13.8. The summed E-state index contributed by atoms with van der Waals surface area (Å²) in [5, 5.41) is 0. The van der Waals surface area contributed by atoms with Crippen LogP contribution in [-0.2, 0) is 6.54 Å². The van der Waals surface area contributed by atoms with E-state index in [1.54, 1.807) is 12.1 Å². The summed E-state index contributed by atoms with van der Waals surface area (Å²) in [5.74, 6) is 0.907. The summed E-state index contributed by atoms with van der Waals surface area (Å²) >= 11 is 6.76. The van der Waals surface area contributed by atoms with Crippen molar-refractivity contribution < 1.29 is 4.39 Å². The first kappa shape index (κ1) is 16.4. The SMILES string of the molecule is CSCCC(C)N(C)Cc1cc(C(N)=S)ccc1F. The molecule has 19 heavy (non-hydrogen) atoms. The Morgan fingerprint density at radius 1 is 1.53 bits per heavy atom. The molecule has 0 aromatic heterocycles. The van der Waals surface area contributed by atoms with E-state index in [0.717, 1.165) is 17.7 Å². The zero-order valence-corrected chi connectivity index (χ0v) is 13.3. The molecule has 0 aliphatic rings. The van der Waals surface area contributed by atoms with E-state index in [1.165, 1.54) is 6.07 Å². The van der Waals surface area contributed by atoms with Crippen LogP contribution in [-0.4, -0.2) is 35.0 Å². The topological polar surface area (TPSA) is 29.3 Å². The van der Waals surface area contributed by atoms with Crippen LogP contribution in [0.4, 0.5) is 4.39 Å². The van der Waals surface area contributed by atoms with Gasteiger partial charge in [0, 0.05) is 23.7 Å². The van der Waals surface area contributed by atoms with Gasteiger partial charge in [0.05, 0.1) is 0 Å². The fraction of sp³-hybridized carbons (Fsp3) is 0.500. The summed E-state index contributed by atoms with van der Waals surface area (Å²) in [6.45, 7) is 2.73. The highest BCUT2D eigenvalue weighted by Crippen LogP contribution is 2.15. The van der Waals surface area contributed by atoms with Gasteiger partial charge in [0.15, 0.2) is 0 Å². The monoisotopic (exact) mass is 300 g/mol. The van der Waals surface area contributed by atoms with E-state index in [2.05, 4.69) is 18.1 Å². The molecule has 5 heteroatoms. The van der Waals surface area contributed by atoms with Crippen LogP contribution in [0.3, 0.4) is 0 Å². The van der Waals surface area contributed by atoms with E-state index in [0.29, 0.717) is 23.1 Å². The van der Waals surface area contributed by atoms with Crippen LogP contribution in [0.15, 0.2) is 18.2 Å². The fourth-order valence-electron chi connectivity index (χ4n) is 1.78. The smallest absolute Gasteiger partial charge is 0.127 e. The van der Waals surface area contributed by atoms with Gasteiger partial charge in [0.1, 0.15) is 10.8 Å². The molecule has 0 spiro atoms. The highest BCUT2D eigenvalue weighted by atomic mass is 32.2. The molecular weight excluding hydrogens is 279 g/mol. The molecular formula is C14H21FN2S2. The summed E-state index contributed by atoms with van der Waals surface area (Å²) in [6.07, 6.45) is 3.19. The molecule has 1 aromatic carbocycles. The number of nitrogens with zero attached hydrogens (tertiary/aromatic N) is 1. The Kier molecular flexibility index (Phi) is 6.75. The Balaban J connectivity index is 2.75. The first-order valence-electron chi connectivity index (χ1n) is 6.23. The van der Waals surface area contributed by atoms with Gasteiger partial charge >= 0.3 is 0 Å². The molecule has 0 saturated carbocycles. The van der Waals surface area contributed by atoms with Crippen molar-refractivity contribution in [3.05, 3.63) is 35.1 Å². The van der Waals surface area contributed by atoms with E-state index in [4.69, 9.17) is 18.0 Å². The fourth-order valence-corrected chi connectivity index (χ4v) is 2.49. The van der Waals surface area contributed by atoms with E-state index in [1.807, 2.05) is 18.8 Å². The highest BCUT2D eigenvalue weighted by Gasteiger charge is 2.12. The number of benzene rings is 1. The Morgan fingerprint density at radius 3 is 2.79 bits per heavy atom. The number of halogens is 1. The van der Waals surface area contributed by atoms with Crippen molar-refractivity contribution in [2.24, 2.45) is 5.73 Å². The number of rotatable bonds is 7. The van der Waals surface area contributed by atoms with Crippen molar-refractivity contribution in [3.8, 4) is 0 Å². The van der Waals surface area contributed by atoms with E-state index < -0.39 is 0 Å². The summed E-state index contributed by atoms with van der Waals surface area (Å²) < 4.78 is 13.8. The van der Waals surface area contributed by atoms with Crippen LogP contribution in [0.1, 0.15) is 24.5 Å². The summed E-state index contributed by atoms with van der Waals surface area (Å²) in [6, 6.07) is 5.22. The predicted molar refractivity (Wildman–Crippen MR) is 86.2 cm³/mol. The lowest BCUT2D eigenvalue weighted by atomic mass is 10.1. The molecule has 1 atom stereocenters. The van der Waals surface area contributed by atoms with Gasteiger partial charge in [0.2, 0.25) is 0 Å². The van der Waals surface area contributed by atoms with Crippen LogP contribution in [0.25, 0.3) is 0 Å². The van der Waals surface area contributed by atoms with Gasteiger partial charge in [0.25, 0.3) is 0 Å². The summed E-state index contributed by atoms with van der Waals surface area (Å²) in [4.78, 5) is 2.46. The second-order valence-corrected chi connectivity index (χ2v) is 6.14. The summed E-state index contributed by atoms with van der Waals surface area (Å²) in [7, 11) is 2.01. The zero-order valence-electron chi connectivity index (χ0n) is 11.6. The lowest BCUT2D eigenvalue weighted by molar-refractivity contribution is 0.242. The van der Waals surface area contributed by atoms with Crippen molar-refractivity contribution in [1.82, 2.24) is 4.90 Å². The molecule has 0 heterocycles. The third kappa shape index (κ3) is 5.09. The normalized spacial score (nSPS) is 12.7. The van der Waals surface area contributed by atoms with Gasteiger partial charge in [-0.05, 0) is 50.6 Å². The first-order valence-corrected chi connectivity index (χ1v) is 8.03. The average Bonchev–Trinajstić information content (AvgIpc) is 2.38. The minimum atomic E-state index is -0.205. The van der Waals surface area contributed by atoms with Crippen LogP contribution >= 0.6 is 24.0 Å². The standard InChI is InChI=1S/C14H21FN2S2/c1-10(6-7-19-3)17(2)9-12-8-11(14(16)18)4-5-13(12)15/h4-5,8,10H,6-7,9H2,1-3H3,(H2,16,18). The zero-order chi connectivity index (χ0) is 14.4. The molecule has 0 aliphatic carbocycles. The van der Waals surface area contributed by atoms with Crippen LogP contribution in [0, 0.1) is 5.82 Å². The third-order valence-corrected chi connectivity index (χ3v) is 4.12. The third-order valence-electron chi connectivity index (χ3n) is 3.24. The Bertz CT molecular complexity index is 437. The molecule has 0 aliphatic heterocycles. The lowest BCUT2D eigenvalue weighted by Crippen LogP contribution is -2.29. The number of thioether (sulfide) groups is 1. The van der Waals surface area contributed by atoms with Crippen molar-refractivity contribution >= 4 is 29.0 Å². The van der Waals surface area contributed by atoms with Gasteiger partial charge in [-0.1, -0.05) is 12.2 Å². The summed E-state index contributed by atoms with van der Waals surface area (Å²) in [5.41, 5.74) is 6.94. The van der Waals surface area contributed by atoms with Gasteiger partial charge in [-0.3, -0.25) is 4.90 Å². The minimum absolute atomic E-state index is 0.205. The number of thiocarbonyl (C=S) groups is 1. The number of hydrogen-bond donors (Lipinski definition) is 1. The van der Waals surface area contributed by atoms with Crippen LogP contribution < -0.4 is 5.73 Å². The van der Waals surface area contributed by atoms with E-state index in [9.17, 15) is 4.39 Å². The molecule has 0 bridgehead atoms. The van der Waals surface area contributed by atoms with Crippen LogP contribution in [0.5, 0.6) is 0 Å². The van der Waals surface area contributed by atoms with Crippen LogP contribution in [0.2, 0.25) is 0 Å². The van der Waals surface area contributed by atoms with Crippen molar-refractivity contribution in [1.29, 1.82) is 0 Å². The quantitative estimate of drug-likeness (QED) is 0.784. The second-order valence-electron chi connectivity index (χ2n) is 4.72. The molecule has 2 N–H and O–H groups in total. The minimum Gasteiger partial charge on any atom is -0.389 e. The van der Waals surface area contributed by atoms with Crippen molar-refractivity contribution in [2.75, 3.05) is 19.1 Å². The van der Waals surface area contributed by atoms with Gasteiger partial charge in [-0.15, -0.1) is 0 Å². The number of hydrogen-bond acceptors (Lipinski definition) is 3. The van der Waals surface area contributed by atoms with E-state index in [-0.39, 0.29) is 5.82 Å². The Morgan fingerprint density at radius 2 is 2.21 bits per heavy atom. The molecule has 0 radical (unpaired) electrons. The molecule has 0 saturated heterocycles. The molecule has 0 amide bonds. The van der Waals surface area contributed by atoms with E-state index >= 15 is 0 Å². The predicted octanol–water partition coefficient (Wildman–Crippen LogP) is 3.03. The lowest BCUT2D eigenvalue weighted by Gasteiger charge is -2.25. The molecule has 1 aromatic rings. The van der Waals surface area contributed by atoms with Crippen molar-refractivity contribution in [2.45, 2.75) is 25.9 Å². The molecule has 106 valence electrons. The van der Waals surface area contributed by atoms with Gasteiger partial charge in [-0.25, -0.2) is 4.39 Å². The van der Waals surface area contributed by atoms with Gasteiger partial charge in [-0.2, -0.15) is 11.8 Å². The van der Waals surface area contributed by atoms with Gasteiger partial charge < -0.3 is 5.73 Å². The maximum atomic E-state index is 13.8. The first-order chi connectivity index (χ1) is 8.95. The molecule has 0 fully saturated rings. The maximum Gasteiger partial charge on any atom is 0.127 e. The average molecular weight is 300 g/mol. The molecule has 1 rings (SSSR count). The molecule has 2 nitrogen and oxygen atoms in total. The second kappa shape index (κ2) is 7.82. The Labute approximate surface area is 124 Å². The highest BCUT2D eigenvalue weighted by molar-refractivity contribution is 7.98. The molecule has 1 unspecified atom stereocenters.